The zero-order chi connectivity index (χ0) is 23.5. The number of nitrogens with one attached hydrogen (secondary N) is 1. The molecule has 1 saturated carbocycles. The standard InChI is InChI=1S/C24H27NO7/c1-10-20(29)18(12(3)26)22-19(21(10)30)24(4)16(32-22)9-15(28)17(23(24)31)11(2)25-13-5-7-14(27)8-6-13/h9,13-14,25,27,29-30H,5-8H2,1-4H3. The first-order valence-electron chi connectivity index (χ1n) is 10.7. The second kappa shape index (κ2) is 7.48. The van der Waals surface area contributed by atoms with Crippen LogP contribution in [0.2, 0.25) is 0 Å². The van der Waals surface area contributed by atoms with Gasteiger partial charge in [-0.15, -0.1) is 0 Å². The van der Waals surface area contributed by atoms with E-state index in [0.29, 0.717) is 18.5 Å². The van der Waals surface area contributed by atoms with Gasteiger partial charge in [-0.2, -0.15) is 0 Å². The van der Waals surface area contributed by atoms with Crippen molar-refractivity contribution in [3.8, 4) is 17.2 Å². The van der Waals surface area contributed by atoms with E-state index in [2.05, 4.69) is 5.32 Å². The third-order valence-corrected chi connectivity index (χ3v) is 6.88. The molecule has 170 valence electrons. The van der Waals surface area contributed by atoms with Gasteiger partial charge >= 0.3 is 0 Å². The highest BCUT2D eigenvalue weighted by molar-refractivity contribution is 6.31. The van der Waals surface area contributed by atoms with E-state index < -0.39 is 28.5 Å². The number of ketones is 3. The third-order valence-electron chi connectivity index (χ3n) is 6.88. The van der Waals surface area contributed by atoms with Gasteiger partial charge in [-0.05, 0) is 53.4 Å². The number of carbonyl (C=O) groups is 3. The van der Waals surface area contributed by atoms with Crippen molar-refractivity contribution in [1.29, 1.82) is 0 Å². The number of ether oxygens (including phenoxy) is 1. The maximum Gasteiger partial charge on any atom is 0.194 e. The van der Waals surface area contributed by atoms with Gasteiger partial charge in [-0.25, -0.2) is 0 Å². The largest absolute Gasteiger partial charge is 0.507 e. The molecule has 1 unspecified atom stereocenters. The van der Waals surface area contributed by atoms with Gasteiger partial charge in [0.2, 0.25) is 0 Å². The molecule has 1 aromatic carbocycles. The van der Waals surface area contributed by atoms with E-state index in [-0.39, 0.29) is 51.7 Å². The van der Waals surface area contributed by atoms with Crippen LogP contribution in [-0.4, -0.2) is 44.8 Å². The van der Waals surface area contributed by atoms with E-state index >= 15 is 0 Å². The van der Waals surface area contributed by atoms with E-state index in [1.54, 1.807) is 13.8 Å². The minimum Gasteiger partial charge on any atom is -0.507 e. The van der Waals surface area contributed by atoms with Gasteiger partial charge in [-0.3, -0.25) is 14.4 Å². The zero-order valence-electron chi connectivity index (χ0n) is 18.5. The average Bonchev–Trinajstić information content (AvgIpc) is 3.01. The molecule has 0 spiro atoms. The van der Waals surface area contributed by atoms with Crippen LogP contribution in [0.5, 0.6) is 17.2 Å². The minimum atomic E-state index is -1.52. The fourth-order valence-electron chi connectivity index (χ4n) is 4.96. The van der Waals surface area contributed by atoms with Crippen molar-refractivity contribution in [2.75, 3.05) is 0 Å². The summed E-state index contributed by atoms with van der Waals surface area (Å²) >= 11 is 0. The number of fused-ring (bicyclic) bond motifs is 3. The van der Waals surface area contributed by atoms with Crippen molar-refractivity contribution in [2.45, 2.75) is 70.9 Å². The first-order valence-corrected chi connectivity index (χ1v) is 10.7. The van der Waals surface area contributed by atoms with Gasteiger partial charge < -0.3 is 25.4 Å². The predicted molar refractivity (Wildman–Crippen MR) is 115 cm³/mol. The summed E-state index contributed by atoms with van der Waals surface area (Å²) in [5.41, 5.74) is -1.12. The van der Waals surface area contributed by atoms with Crippen molar-refractivity contribution >= 4 is 17.3 Å². The highest BCUT2D eigenvalue weighted by atomic mass is 16.5. The SMILES string of the molecule is CC(=O)c1c(O)c(C)c(O)c2c1OC1=CC(=O)C(=C(C)NC3CCC(O)CC3)C(=O)C12C. The number of aliphatic hydroxyl groups excluding tert-OH is 1. The van der Waals surface area contributed by atoms with Crippen molar-refractivity contribution < 1.29 is 34.4 Å². The van der Waals surface area contributed by atoms with Crippen molar-refractivity contribution in [3.63, 3.8) is 0 Å². The molecule has 1 atom stereocenters. The first kappa shape index (κ1) is 22.1. The molecule has 1 aromatic rings. The van der Waals surface area contributed by atoms with E-state index in [4.69, 9.17) is 4.74 Å². The van der Waals surface area contributed by atoms with Gasteiger partial charge in [0.15, 0.2) is 17.3 Å². The molecule has 1 fully saturated rings. The lowest BCUT2D eigenvalue weighted by atomic mass is 9.70. The van der Waals surface area contributed by atoms with Crippen molar-refractivity contribution in [3.05, 3.63) is 39.8 Å². The zero-order valence-corrected chi connectivity index (χ0v) is 18.5. The molecule has 8 nitrogen and oxygen atoms in total. The van der Waals surface area contributed by atoms with Crippen molar-refractivity contribution in [2.24, 2.45) is 0 Å². The van der Waals surface area contributed by atoms with Gasteiger partial charge in [-0.1, -0.05) is 0 Å². The number of allylic oxidation sites excluding steroid dienone is 4. The summed E-state index contributed by atoms with van der Waals surface area (Å²) in [6.07, 6.45) is 3.63. The molecule has 0 amide bonds. The van der Waals surface area contributed by atoms with Gasteiger partial charge in [0.05, 0.1) is 17.2 Å². The second-order valence-corrected chi connectivity index (χ2v) is 9.04. The Morgan fingerprint density at radius 3 is 2.34 bits per heavy atom. The maximum absolute atomic E-state index is 13.7. The normalized spacial score (nSPS) is 28.5. The van der Waals surface area contributed by atoms with E-state index in [1.165, 1.54) is 19.9 Å². The summed E-state index contributed by atoms with van der Waals surface area (Å²) in [4.78, 5) is 38.9. The van der Waals surface area contributed by atoms with Crippen LogP contribution in [0.1, 0.15) is 67.9 Å². The summed E-state index contributed by atoms with van der Waals surface area (Å²) in [5, 5.41) is 34.2. The Bertz CT molecular complexity index is 1120. The molecule has 4 rings (SSSR count). The Balaban J connectivity index is 1.83. The molecule has 0 bridgehead atoms. The Morgan fingerprint density at radius 2 is 1.75 bits per heavy atom. The average molecular weight is 441 g/mol. The van der Waals surface area contributed by atoms with E-state index in [9.17, 15) is 29.7 Å². The molecule has 2 aliphatic carbocycles. The van der Waals surface area contributed by atoms with Crippen LogP contribution in [0.3, 0.4) is 0 Å². The summed E-state index contributed by atoms with van der Waals surface area (Å²) < 4.78 is 5.76. The van der Waals surface area contributed by atoms with Crippen LogP contribution in [0.4, 0.5) is 0 Å². The predicted octanol–water partition coefficient (Wildman–Crippen LogP) is 2.46. The lowest BCUT2D eigenvalue weighted by Crippen LogP contribution is -2.42. The molecule has 1 heterocycles. The highest BCUT2D eigenvalue weighted by Crippen LogP contribution is 2.57. The lowest BCUT2D eigenvalue weighted by Gasteiger charge is -2.31. The Morgan fingerprint density at radius 1 is 1.12 bits per heavy atom. The molecule has 32 heavy (non-hydrogen) atoms. The molecular weight excluding hydrogens is 414 g/mol. The summed E-state index contributed by atoms with van der Waals surface area (Å²) in [7, 11) is 0. The monoisotopic (exact) mass is 441 g/mol. The van der Waals surface area contributed by atoms with Gasteiger partial charge in [0.1, 0.15) is 34.0 Å². The van der Waals surface area contributed by atoms with Crippen LogP contribution in [-0.2, 0) is 15.0 Å². The van der Waals surface area contributed by atoms with Crippen molar-refractivity contribution in [1.82, 2.24) is 5.32 Å². The number of rotatable bonds is 3. The van der Waals surface area contributed by atoms with Crippen LogP contribution in [0.15, 0.2) is 23.1 Å². The topological polar surface area (TPSA) is 133 Å². The number of phenolic OH excluding ortho intramolecular Hbond substituents is 2. The fraction of sp³-hybridized carbons (Fsp3) is 0.458. The molecule has 0 aromatic heterocycles. The molecule has 1 aliphatic heterocycles. The molecule has 0 saturated heterocycles. The number of hydrogen-bond donors (Lipinski definition) is 4. The first-order chi connectivity index (χ1) is 15.0. The molecule has 0 radical (unpaired) electrons. The van der Waals surface area contributed by atoms with Crippen LogP contribution in [0, 0.1) is 6.92 Å². The highest BCUT2D eigenvalue weighted by Gasteiger charge is 2.56. The van der Waals surface area contributed by atoms with E-state index in [0.717, 1.165) is 12.8 Å². The number of carbonyl (C=O) groups excluding carboxylic acids is 3. The van der Waals surface area contributed by atoms with Crippen LogP contribution in [0.25, 0.3) is 0 Å². The molecule has 3 aliphatic rings. The number of benzene rings is 1. The Labute approximate surface area is 185 Å². The Kier molecular flexibility index (Phi) is 5.16. The van der Waals surface area contributed by atoms with Gasteiger partial charge in [0, 0.05) is 23.4 Å². The number of Topliss-reactive ketones (excluding diaryl/α,β-unsaturated/α-hetero) is 2. The number of aromatic hydroxyl groups is 2. The van der Waals surface area contributed by atoms with E-state index in [1.807, 2.05) is 0 Å². The summed E-state index contributed by atoms with van der Waals surface area (Å²) in [6.45, 7) is 5.91. The molecule has 4 N–H and O–H groups in total. The number of aliphatic hydroxyl groups is 1. The second-order valence-electron chi connectivity index (χ2n) is 9.04. The maximum atomic E-state index is 13.7. The summed E-state index contributed by atoms with van der Waals surface area (Å²) in [5.74, 6) is -2.40. The third kappa shape index (κ3) is 3.04. The van der Waals surface area contributed by atoms with Gasteiger partial charge in [0.25, 0.3) is 0 Å². The quantitative estimate of drug-likeness (QED) is 0.319. The van der Waals surface area contributed by atoms with Crippen LogP contribution < -0.4 is 10.1 Å². The number of phenols is 2. The molecular formula is C24H27NO7. The Hall–Kier alpha value is -3.13. The molecule has 8 heteroatoms. The summed E-state index contributed by atoms with van der Waals surface area (Å²) in [6, 6.07) is 0.0358. The fourth-order valence-corrected chi connectivity index (χ4v) is 4.96. The smallest absolute Gasteiger partial charge is 0.194 e. The van der Waals surface area contributed by atoms with Crippen LogP contribution >= 0.6 is 0 Å². The lowest BCUT2D eigenvalue weighted by molar-refractivity contribution is -0.123. The number of hydrogen-bond acceptors (Lipinski definition) is 8. The minimum absolute atomic E-state index is 0.0163.